The quantitative estimate of drug-likeness (QED) is 0.807. The first kappa shape index (κ1) is 15.2. The van der Waals surface area contributed by atoms with Crippen LogP contribution in [-0.4, -0.2) is 5.54 Å². The SMILES string of the molecule is CC1(C)CC(C)(C)CC(C#N)(Nc2ccccc2Cl)C1. The third-order valence-electron chi connectivity index (χ3n) is 3.98. The van der Waals surface area contributed by atoms with Crippen molar-refractivity contribution in [3.8, 4) is 6.07 Å². The van der Waals surface area contributed by atoms with Crippen LogP contribution in [0.25, 0.3) is 0 Å². The van der Waals surface area contributed by atoms with Crippen LogP contribution in [0, 0.1) is 22.2 Å². The van der Waals surface area contributed by atoms with Crippen LogP contribution in [0.1, 0.15) is 47.0 Å². The van der Waals surface area contributed by atoms with Crippen LogP contribution in [0.4, 0.5) is 5.69 Å². The second-order valence-electron chi connectivity index (χ2n) is 7.66. The molecule has 1 aliphatic rings. The predicted molar refractivity (Wildman–Crippen MR) is 84.8 cm³/mol. The number of anilines is 1. The number of hydrogen-bond donors (Lipinski definition) is 1. The molecule has 0 spiro atoms. The summed E-state index contributed by atoms with van der Waals surface area (Å²) in [5.74, 6) is 0. The summed E-state index contributed by atoms with van der Waals surface area (Å²) in [7, 11) is 0. The number of nitrogens with one attached hydrogen (secondary N) is 1. The molecule has 2 rings (SSSR count). The molecule has 0 atom stereocenters. The van der Waals surface area contributed by atoms with Crippen molar-refractivity contribution in [3.63, 3.8) is 0 Å². The fourth-order valence-corrected chi connectivity index (χ4v) is 4.32. The highest BCUT2D eigenvalue weighted by molar-refractivity contribution is 6.33. The third-order valence-corrected chi connectivity index (χ3v) is 4.31. The number of nitriles is 1. The van der Waals surface area contributed by atoms with Gasteiger partial charge in [-0.15, -0.1) is 0 Å². The number of halogens is 1. The van der Waals surface area contributed by atoms with Crippen LogP contribution < -0.4 is 5.32 Å². The molecule has 0 unspecified atom stereocenters. The van der Waals surface area contributed by atoms with Gasteiger partial charge in [0.25, 0.3) is 0 Å². The van der Waals surface area contributed by atoms with Gasteiger partial charge in [0.1, 0.15) is 5.54 Å². The average Bonchev–Trinajstić information content (AvgIpc) is 2.28. The van der Waals surface area contributed by atoms with Gasteiger partial charge in [0.2, 0.25) is 0 Å². The van der Waals surface area contributed by atoms with E-state index in [-0.39, 0.29) is 10.8 Å². The maximum absolute atomic E-state index is 9.80. The fourth-order valence-electron chi connectivity index (χ4n) is 4.13. The maximum atomic E-state index is 9.80. The van der Waals surface area contributed by atoms with Gasteiger partial charge in [-0.2, -0.15) is 5.26 Å². The molecule has 0 heterocycles. The first-order valence-corrected chi connectivity index (χ1v) is 7.49. The number of rotatable bonds is 2. The van der Waals surface area contributed by atoms with Gasteiger partial charge in [-0.25, -0.2) is 0 Å². The highest BCUT2D eigenvalue weighted by atomic mass is 35.5. The Kier molecular flexibility index (Phi) is 3.77. The van der Waals surface area contributed by atoms with Crippen molar-refractivity contribution in [2.24, 2.45) is 10.8 Å². The Bertz CT molecular complexity index is 524. The summed E-state index contributed by atoms with van der Waals surface area (Å²) in [5, 5.41) is 13.9. The van der Waals surface area contributed by atoms with Crippen molar-refractivity contribution in [2.45, 2.75) is 52.5 Å². The Morgan fingerprint density at radius 1 is 1.05 bits per heavy atom. The molecule has 1 N–H and O–H groups in total. The largest absolute Gasteiger partial charge is 0.366 e. The van der Waals surface area contributed by atoms with E-state index < -0.39 is 5.54 Å². The maximum Gasteiger partial charge on any atom is 0.126 e. The van der Waals surface area contributed by atoms with Gasteiger partial charge in [-0.05, 0) is 42.2 Å². The molecular weight excluding hydrogens is 268 g/mol. The van der Waals surface area contributed by atoms with Crippen molar-refractivity contribution >= 4 is 17.3 Å². The van der Waals surface area contributed by atoms with E-state index >= 15 is 0 Å². The van der Waals surface area contributed by atoms with Crippen LogP contribution >= 0.6 is 11.6 Å². The first-order valence-electron chi connectivity index (χ1n) is 7.11. The summed E-state index contributed by atoms with van der Waals surface area (Å²) >= 11 is 6.23. The average molecular weight is 291 g/mol. The Balaban J connectivity index is 2.35. The summed E-state index contributed by atoms with van der Waals surface area (Å²) in [6.07, 6.45) is 2.81. The molecule has 20 heavy (non-hydrogen) atoms. The Morgan fingerprint density at radius 2 is 1.60 bits per heavy atom. The highest BCUT2D eigenvalue weighted by Crippen LogP contribution is 2.51. The molecule has 0 saturated heterocycles. The minimum Gasteiger partial charge on any atom is -0.366 e. The zero-order valence-electron chi connectivity index (χ0n) is 12.8. The van der Waals surface area contributed by atoms with E-state index in [1.165, 1.54) is 0 Å². The van der Waals surface area contributed by atoms with E-state index in [1.807, 2.05) is 24.3 Å². The summed E-state index contributed by atoms with van der Waals surface area (Å²) in [4.78, 5) is 0. The van der Waals surface area contributed by atoms with Gasteiger partial charge in [-0.3, -0.25) is 0 Å². The molecule has 1 saturated carbocycles. The van der Waals surface area contributed by atoms with Crippen molar-refractivity contribution < 1.29 is 0 Å². The van der Waals surface area contributed by atoms with Gasteiger partial charge in [0, 0.05) is 0 Å². The predicted octanol–water partition coefficient (Wildman–Crippen LogP) is 5.25. The molecule has 1 fully saturated rings. The lowest BCUT2D eigenvalue weighted by molar-refractivity contribution is 0.0811. The molecule has 108 valence electrons. The van der Waals surface area contributed by atoms with Gasteiger partial charge >= 0.3 is 0 Å². The minimum absolute atomic E-state index is 0.145. The van der Waals surface area contributed by atoms with Crippen molar-refractivity contribution in [1.29, 1.82) is 5.26 Å². The van der Waals surface area contributed by atoms with E-state index in [2.05, 4.69) is 39.1 Å². The van der Waals surface area contributed by atoms with Crippen LogP contribution in [0.5, 0.6) is 0 Å². The third kappa shape index (κ3) is 3.27. The molecule has 3 heteroatoms. The Labute approximate surface area is 127 Å². The van der Waals surface area contributed by atoms with Crippen molar-refractivity contribution in [2.75, 3.05) is 5.32 Å². The van der Waals surface area contributed by atoms with Gasteiger partial charge < -0.3 is 5.32 Å². The summed E-state index contributed by atoms with van der Waals surface area (Å²) in [5.41, 5.74) is 0.595. The van der Waals surface area contributed by atoms with Crippen LogP contribution in [0.2, 0.25) is 5.02 Å². The lowest BCUT2D eigenvalue weighted by atomic mass is 9.58. The Morgan fingerprint density at radius 3 is 2.10 bits per heavy atom. The normalized spacial score (nSPS) is 22.8. The summed E-state index contributed by atoms with van der Waals surface area (Å²) in [6.45, 7) is 8.98. The fraction of sp³-hybridized carbons (Fsp3) is 0.588. The molecule has 1 aliphatic carbocycles. The number of hydrogen-bond acceptors (Lipinski definition) is 2. The van der Waals surface area contributed by atoms with E-state index in [9.17, 15) is 5.26 Å². The monoisotopic (exact) mass is 290 g/mol. The van der Waals surface area contributed by atoms with Gasteiger partial charge in [-0.1, -0.05) is 51.4 Å². The molecular formula is C17H23ClN2. The van der Waals surface area contributed by atoms with E-state index in [0.717, 1.165) is 24.9 Å². The molecule has 1 aromatic rings. The zero-order valence-corrected chi connectivity index (χ0v) is 13.5. The molecule has 1 aromatic carbocycles. The van der Waals surface area contributed by atoms with Gasteiger partial charge in [0.15, 0.2) is 0 Å². The summed E-state index contributed by atoms with van der Waals surface area (Å²) < 4.78 is 0. The molecule has 0 radical (unpaired) electrons. The second kappa shape index (κ2) is 4.97. The summed E-state index contributed by atoms with van der Waals surface area (Å²) in [6, 6.07) is 10.2. The Hall–Kier alpha value is -1.20. The number of benzene rings is 1. The van der Waals surface area contributed by atoms with E-state index in [1.54, 1.807) is 0 Å². The minimum atomic E-state index is -0.545. The van der Waals surface area contributed by atoms with Crippen molar-refractivity contribution in [1.82, 2.24) is 0 Å². The smallest absolute Gasteiger partial charge is 0.126 e. The molecule has 0 aromatic heterocycles. The molecule has 0 amide bonds. The van der Waals surface area contributed by atoms with Crippen LogP contribution in [-0.2, 0) is 0 Å². The topological polar surface area (TPSA) is 35.8 Å². The van der Waals surface area contributed by atoms with Gasteiger partial charge in [0.05, 0.1) is 16.8 Å². The second-order valence-corrected chi connectivity index (χ2v) is 8.06. The van der Waals surface area contributed by atoms with E-state index in [4.69, 9.17) is 11.6 Å². The number of nitrogens with zero attached hydrogens (tertiary/aromatic N) is 1. The standard InChI is InChI=1S/C17H23ClN2/c1-15(2)9-16(3,4)11-17(10-15,12-19)20-14-8-6-5-7-13(14)18/h5-8,20H,9-11H2,1-4H3. The molecule has 2 nitrogen and oxygen atoms in total. The van der Waals surface area contributed by atoms with E-state index in [0.29, 0.717) is 5.02 Å². The van der Waals surface area contributed by atoms with Crippen LogP contribution in [0.15, 0.2) is 24.3 Å². The van der Waals surface area contributed by atoms with Crippen LogP contribution in [0.3, 0.4) is 0 Å². The molecule has 0 aliphatic heterocycles. The highest BCUT2D eigenvalue weighted by Gasteiger charge is 2.48. The lowest BCUT2D eigenvalue weighted by Gasteiger charge is -2.49. The van der Waals surface area contributed by atoms with Crippen molar-refractivity contribution in [3.05, 3.63) is 29.3 Å². The molecule has 0 bridgehead atoms. The first-order chi connectivity index (χ1) is 9.17. The zero-order chi connectivity index (χ0) is 15.0. The number of para-hydroxylation sites is 1. The lowest BCUT2D eigenvalue weighted by Crippen LogP contribution is -2.50.